The molecule has 0 aliphatic rings. The summed E-state index contributed by atoms with van der Waals surface area (Å²) in [6.45, 7) is 1.79. The number of carboxylic acids is 1. The summed E-state index contributed by atoms with van der Waals surface area (Å²) in [4.78, 5) is 10.9. The topological polar surface area (TPSA) is 76.2 Å². The molecule has 1 aromatic heterocycles. The molecule has 0 atom stereocenters. The largest absolute Gasteiger partial charge is 0.478 e. The van der Waals surface area contributed by atoms with Crippen LogP contribution in [-0.4, -0.2) is 15.4 Å². The van der Waals surface area contributed by atoms with Crippen LogP contribution in [0.1, 0.15) is 16.1 Å². The van der Waals surface area contributed by atoms with Crippen molar-refractivity contribution in [2.45, 2.75) is 6.92 Å². The summed E-state index contributed by atoms with van der Waals surface area (Å²) >= 11 is 1.27. The van der Waals surface area contributed by atoms with Gasteiger partial charge in [-0.3, -0.25) is 0 Å². The molecule has 0 saturated heterocycles. The zero-order valence-corrected chi connectivity index (χ0v) is 8.26. The molecule has 0 saturated carbocycles. The highest BCUT2D eigenvalue weighted by Gasteiger charge is 2.13. The second-order valence-electron chi connectivity index (χ2n) is 3.01. The molecule has 0 aliphatic heterocycles. The van der Waals surface area contributed by atoms with E-state index in [0.29, 0.717) is 11.1 Å². The molecule has 1 heterocycles. The number of carbonyl (C=O) groups is 1. The number of carboxylic acid groups (broad SMARTS) is 1. The fourth-order valence-corrected chi connectivity index (χ4v) is 2.28. The van der Waals surface area contributed by atoms with Crippen LogP contribution in [-0.2, 0) is 0 Å². The van der Waals surface area contributed by atoms with Crippen LogP contribution < -0.4 is 5.73 Å². The van der Waals surface area contributed by atoms with Crippen molar-refractivity contribution in [2.75, 3.05) is 5.73 Å². The number of aryl methyl sites for hydroxylation is 1. The predicted octanol–water partition coefficient (Wildman–Crippen LogP) is 1.89. The predicted molar refractivity (Wildman–Crippen MR) is 55.7 cm³/mol. The molecule has 0 spiro atoms. The van der Waals surface area contributed by atoms with E-state index in [-0.39, 0.29) is 5.56 Å². The Bertz CT molecular complexity index is 519. The van der Waals surface area contributed by atoms with Crippen LogP contribution >= 0.6 is 11.5 Å². The van der Waals surface area contributed by atoms with Crippen LogP contribution in [0.3, 0.4) is 0 Å². The van der Waals surface area contributed by atoms with Gasteiger partial charge in [-0.25, -0.2) is 4.79 Å². The Morgan fingerprint density at radius 1 is 1.57 bits per heavy atom. The molecule has 0 amide bonds. The lowest BCUT2D eigenvalue weighted by atomic mass is 10.1. The minimum atomic E-state index is -0.967. The van der Waals surface area contributed by atoms with Gasteiger partial charge in [0.05, 0.1) is 16.0 Å². The molecule has 3 N–H and O–H groups in total. The van der Waals surface area contributed by atoms with E-state index in [2.05, 4.69) is 4.37 Å². The zero-order valence-electron chi connectivity index (χ0n) is 7.44. The van der Waals surface area contributed by atoms with Crippen molar-refractivity contribution >= 4 is 33.3 Å². The number of nitrogens with zero attached hydrogens (tertiary/aromatic N) is 1. The van der Waals surface area contributed by atoms with E-state index in [1.54, 1.807) is 13.0 Å². The standard InChI is InChI=1S/C9H8N2O2S/c1-4-8-6(9(12)13)2-5(10)3-7(8)14-11-4/h2-3H,10H2,1H3,(H,12,13). The highest BCUT2D eigenvalue weighted by atomic mass is 32.1. The van der Waals surface area contributed by atoms with E-state index in [9.17, 15) is 4.79 Å². The lowest BCUT2D eigenvalue weighted by Crippen LogP contribution is -1.99. The molecular weight excluding hydrogens is 200 g/mol. The number of aromatic nitrogens is 1. The monoisotopic (exact) mass is 208 g/mol. The minimum absolute atomic E-state index is 0.228. The van der Waals surface area contributed by atoms with Crippen molar-refractivity contribution in [3.05, 3.63) is 23.4 Å². The third kappa shape index (κ3) is 1.22. The van der Waals surface area contributed by atoms with E-state index >= 15 is 0 Å². The average molecular weight is 208 g/mol. The molecule has 14 heavy (non-hydrogen) atoms. The number of rotatable bonds is 1. The van der Waals surface area contributed by atoms with Crippen molar-refractivity contribution in [1.29, 1.82) is 0 Å². The van der Waals surface area contributed by atoms with E-state index in [1.807, 2.05) is 0 Å². The quantitative estimate of drug-likeness (QED) is 0.701. The van der Waals surface area contributed by atoms with Gasteiger partial charge in [0.2, 0.25) is 0 Å². The molecule has 0 unspecified atom stereocenters. The van der Waals surface area contributed by atoms with E-state index in [1.165, 1.54) is 17.6 Å². The molecule has 4 nitrogen and oxygen atoms in total. The second-order valence-corrected chi connectivity index (χ2v) is 3.82. The van der Waals surface area contributed by atoms with Crippen LogP contribution in [0, 0.1) is 6.92 Å². The summed E-state index contributed by atoms with van der Waals surface area (Å²) in [5.74, 6) is -0.967. The molecule has 2 aromatic rings. The number of aromatic carboxylic acids is 1. The maximum atomic E-state index is 10.9. The van der Waals surface area contributed by atoms with Crippen molar-refractivity contribution < 1.29 is 9.90 Å². The lowest BCUT2D eigenvalue weighted by Gasteiger charge is -1.99. The average Bonchev–Trinajstić information content (AvgIpc) is 2.46. The molecule has 72 valence electrons. The van der Waals surface area contributed by atoms with E-state index < -0.39 is 5.97 Å². The van der Waals surface area contributed by atoms with Gasteiger partial charge in [0, 0.05) is 11.1 Å². The fourth-order valence-electron chi connectivity index (χ4n) is 1.41. The fraction of sp³-hybridized carbons (Fsp3) is 0.111. The van der Waals surface area contributed by atoms with Crippen LogP contribution in [0.2, 0.25) is 0 Å². The molecule has 0 radical (unpaired) electrons. The van der Waals surface area contributed by atoms with Crippen LogP contribution in [0.4, 0.5) is 5.69 Å². The molecule has 0 aliphatic carbocycles. The number of hydrogen-bond donors (Lipinski definition) is 2. The summed E-state index contributed by atoms with van der Waals surface area (Å²) < 4.78 is 4.92. The summed E-state index contributed by atoms with van der Waals surface area (Å²) in [6, 6.07) is 3.21. The Kier molecular flexibility index (Phi) is 1.89. The number of nitrogen functional groups attached to an aromatic ring is 1. The number of benzene rings is 1. The highest BCUT2D eigenvalue weighted by Crippen LogP contribution is 2.28. The molecule has 0 bridgehead atoms. The Morgan fingerprint density at radius 3 is 2.93 bits per heavy atom. The van der Waals surface area contributed by atoms with Crippen molar-refractivity contribution in [1.82, 2.24) is 4.37 Å². The van der Waals surface area contributed by atoms with Crippen LogP contribution in [0.15, 0.2) is 12.1 Å². The first-order valence-electron chi connectivity index (χ1n) is 3.98. The molecule has 2 rings (SSSR count). The van der Waals surface area contributed by atoms with Gasteiger partial charge < -0.3 is 10.8 Å². The van der Waals surface area contributed by atoms with Gasteiger partial charge in [-0.15, -0.1) is 0 Å². The van der Waals surface area contributed by atoms with E-state index in [0.717, 1.165) is 10.4 Å². The Morgan fingerprint density at radius 2 is 2.29 bits per heavy atom. The van der Waals surface area contributed by atoms with Gasteiger partial charge in [0.15, 0.2) is 0 Å². The summed E-state index contributed by atoms with van der Waals surface area (Å²) in [5, 5.41) is 9.66. The molecular formula is C9H8N2O2S. The van der Waals surface area contributed by atoms with Gasteiger partial charge in [-0.1, -0.05) is 0 Å². The van der Waals surface area contributed by atoms with E-state index in [4.69, 9.17) is 10.8 Å². The lowest BCUT2D eigenvalue weighted by molar-refractivity contribution is 0.0699. The first-order chi connectivity index (χ1) is 6.59. The Balaban J connectivity index is 2.90. The first-order valence-corrected chi connectivity index (χ1v) is 4.75. The highest BCUT2D eigenvalue weighted by molar-refractivity contribution is 7.13. The third-order valence-corrected chi connectivity index (χ3v) is 2.88. The maximum Gasteiger partial charge on any atom is 0.336 e. The van der Waals surface area contributed by atoms with Crippen molar-refractivity contribution in [3.63, 3.8) is 0 Å². The smallest absolute Gasteiger partial charge is 0.336 e. The maximum absolute atomic E-state index is 10.9. The van der Waals surface area contributed by atoms with Crippen LogP contribution in [0.25, 0.3) is 10.1 Å². The summed E-state index contributed by atoms with van der Waals surface area (Å²) in [6.07, 6.45) is 0. The van der Waals surface area contributed by atoms with Gasteiger partial charge in [-0.05, 0) is 30.6 Å². The Hall–Kier alpha value is -1.62. The van der Waals surface area contributed by atoms with Crippen LogP contribution in [0.5, 0.6) is 0 Å². The van der Waals surface area contributed by atoms with Gasteiger partial charge in [0.1, 0.15) is 0 Å². The number of hydrogen-bond acceptors (Lipinski definition) is 4. The molecule has 1 aromatic carbocycles. The SMILES string of the molecule is Cc1nsc2cc(N)cc(C(=O)O)c12. The first kappa shape index (κ1) is 8.96. The minimum Gasteiger partial charge on any atom is -0.478 e. The number of nitrogens with two attached hydrogens (primary N) is 1. The number of anilines is 1. The summed E-state index contributed by atoms with van der Waals surface area (Å²) in [7, 11) is 0. The van der Waals surface area contributed by atoms with Gasteiger partial charge >= 0.3 is 5.97 Å². The third-order valence-electron chi connectivity index (χ3n) is 2.00. The normalized spacial score (nSPS) is 10.6. The van der Waals surface area contributed by atoms with Crippen molar-refractivity contribution in [3.8, 4) is 0 Å². The van der Waals surface area contributed by atoms with Gasteiger partial charge in [-0.2, -0.15) is 4.37 Å². The Labute approximate surface area is 84.1 Å². The van der Waals surface area contributed by atoms with Gasteiger partial charge in [0.25, 0.3) is 0 Å². The van der Waals surface area contributed by atoms with Crippen molar-refractivity contribution in [2.24, 2.45) is 0 Å². The second kappa shape index (κ2) is 2.95. The zero-order chi connectivity index (χ0) is 10.3. The molecule has 0 fully saturated rings. The number of fused-ring (bicyclic) bond motifs is 1. The molecule has 5 heteroatoms. The summed E-state index contributed by atoms with van der Waals surface area (Å²) in [5.41, 5.74) is 7.01.